The molecule has 0 saturated heterocycles. The first-order valence-electron chi connectivity index (χ1n) is 6.00. The number of hydrogen-bond acceptors (Lipinski definition) is 4. The zero-order chi connectivity index (χ0) is 13.7. The Kier molecular flexibility index (Phi) is 4.20. The summed E-state index contributed by atoms with van der Waals surface area (Å²) in [7, 11) is 0. The number of amides is 1. The highest BCUT2D eigenvalue weighted by molar-refractivity contribution is 5.93. The fraction of sp³-hybridized carbons (Fsp3) is 0.214. The molecule has 2 rings (SSSR count). The van der Waals surface area contributed by atoms with Gasteiger partial charge in [0.15, 0.2) is 5.82 Å². The van der Waals surface area contributed by atoms with Crippen molar-refractivity contribution in [1.29, 1.82) is 0 Å². The Morgan fingerprint density at radius 3 is 2.47 bits per heavy atom. The third kappa shape index (κ3) is 3.59. The topological polar surface area (TPSA) is 75.1 Å². The molecule has 0 fully saturated rings. The zero-order valence-corrected chi connectivity index (χ0v) is 10.6. The van der Waals surface area contributed by atoms with Gasteiger partial charge in [0.25, 0.3) is 5.91 Å². The number of nitrogens with zero attached hydrogens (tertiary/aromatic N) is 2. The van der Waals surface area contributed by atoms with Crippen LogP contribution >= 0.6 is 0 Å². The molecule has 1 unspecified atom stereocenters. The van der Waals surface area contributed by atoms with E-state index in [1.807, 2.05) is 30.3 Å². The van der Waals surface area contributed by atoms with Crippen molar-refractivity contribution < 1.29 is 9.90 Å². The van der Waals surface area contributed by atoms with Crippen LogP contribution in [0.15, 0.2) is 42.7 Å². The van der Waals surface area contributed by atoms with E-state index in [1.165, 1.54) is 12.4 Å². The SMILES string of the molecule is CC(O)CNC(=O)c1cnc(-c2ccccc2)nc1. The van der Waals surface area contributed by atoms with Crippen LogP contribution in [0.2, 0.25) is 0 Å². The number of carbonyl (C=O) groups excluding carboxylic acids is 1. The highest BCUT2D eigenvalue weighted by Crippen LogP contribution is 2.12. The third-order valence-corrected chi connectivity index (χ3v) is 2.50. The number of nitrogens with one attached hydrogen (secondary N) is 1. The number of benzene rings is 1. The molecule has 1 aromatic heterocycles. The zero-order valence-electron chi connectivity index (χ0n) is 10.6. The first kappa shape index (κ1) is 13.2. The van der Waals surface area contributed by atoms with Crippen LogP contribution in [0.4, 0.5) is 0 Å². The smallest absolute Gasteiger partial charge is 0.254 e. The van der Waals surface area contributed by atoms with E-state index in [1.54, 1.807) is 6.92 Å². The molecule has 19 heavy (non-hydrogen) atoms. The molecule has 1 heterocycles. The van der Waals surface area contributed by atoms with E-state index in [-0.39, 0.29) is 12.5 Å². The summed E-state index contributed by atoms with van der Waals surface area (Å²) in [6.45, 7) is 1.81. The summed E-state index contributed by atoms with van der Waals surface area (Å²) in [4.78, 5) is 20.0. The van der Waals surface area contributed by atoms with Crippen molar-refractivity contribution in [2.24, 2.45) is 0 Å². The maximum absolute atomic E-state index is 11.7. The lowest BCUT2D eigenvalue weighted by atomic mass is 10.2. The van der Waals surface area contributed by atoms with Crippen molar-refractivity contribution in [3.63, 3.8) is 0 Å². The van der Waals surface area contributed by atoms with Crippen molar-refractivity contribution in [2.45, 2.75) is 13.0 Å². The molecule has 5 nitrogen and oxygen atoms in total. The Morgan fingerprint density at radius 2 is 1.89 bits per heavy atom. The molecule has 0 aliphatic carbocycles. The molecule has 0 bridgehead atoms. The number of rotatable bonds is 4. The minimum absolute atomic E-state index is 0.208. The molecule has 2 aromatic rings. The normalized spacial score (nSPS) is 11.9. The van der Waals surface area contributed by atoms with Crippen LogP contribution in [0.1, 0.15) is 17.3 Å². The largest absolute Gasteiger partial charge is 0.392 e. The van der Waals surface area contributed by atoms with Gasteiger partial charge in [-0.2, -0.15) is 0 Å². The van der Waals surface area contributed by atoms with E-state index in [2.05, 4.69) is 15.3 Å². The monoisotopic (exact) mass is 257 g/mol. The summed E-state index contributed by atoms with van der Waals surface area (Å²) >= 11 is 0. The molecule has 0 spiro atoms. The second kappa shape index (κ2) is 6.06. The summed E-state index contributed by atoms with van der Waals surface area (Å²) in [5.41, 5.74) is 1.28. The molecule has 0 aliphatic heterocycles. The molecule has 5 heteroatoms. The van der Waals surface area contributed by atoms with Crippen molar-refractivity contribution in [2.75, 3.05) is 6.54 Å². The summed E-state index contributed by atoms with van der Waals surface area (Å²) in [5.74, 6) is 0.285. The van der Waals surface area contributed by atoms with Gasteiger partial charge in [-0.1, -0.05) is 30.3 Å². The maximum atomic E-state index is 11.7. The quantitative estimate of drug-likeness (QED) is 0.864. The van der Waals surface area contributed by atoms with Crippen molar-refractivity contribution in [1.82, 2.24) is 15.3 Å². The minimum atomic E-state index is -0.575. The van der Waals surface area contributed by atoms with Gasteiger partial charge in [0.05, 0.1) is 11.7 Å². The fourth-order valence-corrected chi connectivity index (χ4v) is 1.52. The van der Waals surface area contributed by atoms with Gasteiger partial charge >= 0.3 is 0 Å². The van der Waals surface area contributed by atoms with Crippen LogP contribution in [0.25, 0.3) is 11.4 Å². The van der Waals surface area contributed by atoms with Gasteiger partial charge in [0.2, 0.25) is 0 Å². The van der Waals surface area contributed by atoms with Crippen LogP contribution in [0.5, 0.6) is 0 Å². The molecule has 98 valence electrons. The molecule has 2 N–H and O–H groups in total. The fourth-order valence-electron chi connectivity index (χ4n) is 1.52. The first-order chi connectivity index (χ1) is 9.16. The van der Waals surface area contributed by atoms with Crippen molar-refractivity contribution in [3.8, 4) is 11.4 Å². The predicted molar refractivity (Wildman–Crippen MR) is 71.5 cm³/mol. The van der Waals surface area contributed by atoms with E-state index in [9.17, 15) is 4.79 Å². The molecule has 0 saturated carbocycles. The van der Waals surface area contributed by atoms with Crippen LogP contribution in [0, 0.1) is 0 Å². The molecule has 0 aliphatic rings. The van der Waals surface area contributed by atoms with Gasteiger partial charge in [-0.05, 0) is 6.92 Å². The summed E-state index contributed by atoms with van der Waals surface area (Å²) in [6.07, 6.45) is 2.38. The highest BCUT2D eigenvalue weighted by Gasteiger charge is 2.08. The number of aromatic nitrogens is 2. The molecular weight excluding hydrogens is 242 g/mol. The van der Waals surface area contributed by atoms with Gasteiger partial charge in [-0.3, -0.25) is 4.79 Å². The van der Waals surface area contributed by atoms with Gasteiger partial charge in [0, 0.05) is 24.5 Å². The second-order valence-corrected chi connectivity index (χ2v) is 4.22. The first-order valence-corrected chi connectivity index (χ1v) is 6.00. The minimum Gasteiger partial charge on any atom is -0.392 e. The Bertz CT molecular complexity index is 538. The van der Waals surface area contributed by atoms with Crippen molar-refractivity contribution >= 4 is 5.91 Å². The molecule has 1 amide bonds. The Morgan fingerprint density at radius 1 is 1.26 bits per heavy atom. The maximum Gasteiger partial charge on any atom is 0.254 e. The number of aliphatic hydroxyl groups excluding tert-OH is 1. The Hall–Kier alpha value is -2.27. The standard InChI is InChI=1S/C14H15N3O2/c1-10(18)7-17-14(19)12-8-15-13(16-9-12)11-5-3-2-4-6-11/h2-6,8-10,18H,7H2,1H3,(H,17,19). The third-order valence-electron chi connectivity index (χ3n) is 2.50. The molecule has 0 radical (unpaired) electrons. The number of aliphatic hydroxyl groups is 1. The predicted octanol–water partition coefficient (Wildman–Crippen LogP) is 1.25. The van der Waals surface area contributed by atoms with E-state index in [4.69, 9.17) is 5.11 Å². The van der Waals surface area contributed by atoms with E-state index in [0.717, 1.165) is 5.56 Å². The van der Waals surface area contributed by atoms with Crippen LogP contribution < -0.4 is 5.32 Å². The lowest BCUT2D eigenvalue weighted by Crippen LogP contribution is -2.30. The highest BCUT2D eigenvalue weighted by atomic mass is 16.3. The number of carbonyl (C=O) groups is 1. The van der Waals surface area contributed by atoms with Gasteiger partial charge < -0.3 is 10.4 Å². The Labute approximate surface area is 111 Å². The molecule has 1 aromatic carbocycles. The average molecular weight is 257 g/mol. The lowest BCUT2D eigenvalue weighted by molar-refractivity contribution is 0.0923. The van der Waals surface area contributed by atoms with E-state index in [0.29, 0.717) is 11.4 Å². The summed E-state index contributed by atoms with van der Waals surface area (Å²) < 4.78 is 0. The van der Waals surface area contributed by atoms with Gasteiger partial charge in [-0.25, -0.2) is 9.97 Å². The van der Waals surface area contributed by atoms with Crippen LogP contribution in [-0.4, -0.2) is 33.6 Å². The average Bonchev–Trinajstić information content (AvgIpc) is 2.46. The van der Waals surface area contributed by atoms with Crippen LogP contribution in [0.3, 0.4) is 0 Å². The van der Waals surface area contributed by atoms with E-state index >= 15 is 0 Å². The lowest BCUT2D eigenvalue weighted by Gasteiger charge is -2.07. The Balaban J connectivity index is 2.08. The van der Waals surface area contributed by atoms with Crippen LogP contribution in [-0.2, 0) is 0 Å². The van der Waals surface area contributed by atoms with E-state index < -0.39 is 6.10 Å². The van der Waals surface area contributed by atoms with Gasteiger partial charge in [-0.15, -0.1) is 0 Å². The summed E-state index contributed by atoms with van der Waals surface area (Å²) in [5, 5.41) is 11.7. The summed E-state index contributed by atoms with van der Waals surface area (Å²) in [6, 6.07) is 9.54. The molecule has 1 atom stereocenters. The second-order valence-electron chi connectivity index (χ2n) is 4.22. The van der Waals surface area contributed by atoms with Crippen molar-refractivity contribution in [3.05, 3.63) is 48.3 Å². The number of hydrogen-bond donors (Lipinski definition) is 2. The molecular formula is C14H15N3O2. The van der Waals surface area contributed by atoms with Gasteiger partial charge in [0.1, 0.15) is 0 Å².